The maximum absolute atomic E-state index is 10.8. The number of para-hydroxylation sites is 2. The monoisotopic (exact) mass is 230 g/mol. The predicted octanol–water partition coefficient (Wildman–Crippen LogP) is 0.586. The average molecular weight is 230 g/mol. The van der Waals surface area contributed by atoms with E-state index in [1.807, 2.05) is 24.3 Å². The fraction of sp³-hybridized carbons (Fsp3) is 0.100. The Morgan fingerprint density at radius 1 is 1.24 bits per heavy atom. The second-order valence-electron chi connectivity index (χ2n) is 3.58. The minimum Gasteiger partial charge on any atom is -0.349 e. The van der Waals surface area contributed by atoms with E-state index in [4.69, 9.17) is 0 Å². The molecule has 0 unspecified atom stereocenters. The van der Waals surface area contributed by atoms with E-state index in [1.165, 1.54) is 0 Å². The smallest absolute Gasteiger partial charge is 0.340 e. The first-order valence-corrected chi connectivity index (χ1v) is 5.13. The van der Waals surface area contributed by atoms with Gasteiger partial charge in [0, 0.05) is 0 Å². The van der Waals surface area contributed by atoms with Gasteiger partial charge < -0.3 is 10.3 Å². The van der Waals surface area contributed by atoms with Gasteiger partial charge in [0.15, 0.2) is 0 Å². The summed E-state index contributed by atoms with van der Waals surface area (Å²) in [5, 5.41) is 9.13. The Kier molecular flexibility index (Phi) is 2.14. The lowest BCUT2D eigenvalue weighted by Crippen LogP contribution is -2.05. The first kappa shape index (κ1) is 9.64. The molecule has 7 heteroatoms. The first-order chi connectivity index (χ1) is 8.31. The molecular formula is C10H10N6O. The molecule has 0 spiro atoms. The Morgan fingerprint density at radius 2 is 2.12 bits per heavy atom. The molecule has 3 aromatic rings. The van der Waals surface area contributed by atoms with Crippen LogP contribution in [0, 0.1) is 0 Å². The van der Waals surface area contributed by atoms with E-state index in [0.717, 1.165) is 11.0 Å². The Labute approximate surface area is 95.3 Å². The van der Waals surface area contributed by atoms with Crippen molar-refractivity contribution in [3.8, 4) is 0 Å². The molecule has 0 bridgehead atoms. The Hall–Kier alpha value is -2.57. The summed E-state index contributed by atoms with van der Waals surface area (Å²) >= 11 is 0. The maximum Gasteiger partial charge on any atom is 0.340 e. The van der Waals surface area contributed by atoms with Crippen molar-refractivity contribution in [3.63, 3.8) is 0 Å². The number of imidazole rings is 1. The van der Waals surface area contributed by atoms with Gasteiger partial charge in [-0.15, -0.1) is 0 Å². The standard InChI is InChI=1S/C10H10N6O/c17-10-14-8(15-16-10)5-11-9-12-6-3-1-2-4-7(6)13-9/h1-4H,5H2,(H2,11,12,13)(H2,14,15,16,17). The van der Waals surface area contributed by atoms with Gasteiger partial charge in [0.05, 0.1) is 17.6 Å². The highest BCUT2D eigenvalue weighted by Crippen LogP contribution is 2.13. The molecule has 0 aliphatic carbocycles. The Balaban J connectivity index is 1.78. The molecule has 0 aliphatic rings. The van der Waals surface area contributed by atoms with Crippen molar-refractivity contribution in [1.29, 1.82) is 0 Å². The summed E-state index contributed by atoms with van der Waals surface area (Å²) < 4.78 is 0. The van der Waals surface area contributed by atoms with Crippen LogP contribution in [0.1, 0.15) is 5.82 Å². The van der Waals surface area contributed by atoms with Crippen LogP contribution in [0.2, 0.25) is 0 Å². The third-order valence-corrected chi connectivity index (χ3v) is 2.36. The molecule has 0 fully saturated rings. The third-order valence-electron chi connectivity index (χ3n) is 2.36. The molecule has 0 amide bonds. The van der Waals surface area contributed by atoms with Crippen LogP contribution in [-0.4, -0.2) is 25.1 Å². The topological polar surface area (TPSA) is 102 Å². The van der Waals surface area contributed by atoms with Crippen molar-refractivity contribution in [3.05, 3.63) is 40.6 Å². The van der Waals surface area contributed by atoms with Crippen LogP contribution in [0.15, 0.2) is 29.1 Å². The normalized spacial score (nSPS) is 10.8. The quantitative estimate of drug-likeness (QED) is 0.528. The van der Waals surface area contributed by atoms with Crippen molar-refractivity contribution in [2.45, 2.75) is 6.54 Å². The Morgan fingerprint density at radius 3 is 2.88 bits per heavy atom. The molecule has 0 aliphatic heterocycles. The fourth-order valence-corrected chi connectivity index (χ4v) is 1.59. The molecule has 1 aromatic carbocycles. The first-order valence-electron chi connectivity index (χ1n) is 5.13. The fourth-order valence-electron chi connectivity index (χ4n) is 1.59. The number of nitrogens with one attached hydrogen (secondary N) is 4. The van der Waals surface area contributed by atoms with E-state index in [-0.39, 0.29) is 5.69 Å². The van der Waals surface area contributed by atoms with Crippen molar-refractivity contribution in [1.82, 2.24) is 25.1 Å². The van der Waals surface area contributed by atoms with E-state index in [1.54, 1.807) is 0 Å². The number of hydrogen-bond donors (Lipinski definition) is 4. The molecule has 7 nitrogen and oxygen atoms in total. The summed E-state index contributed by atoms with van der Waals surface area (Å²) in [5.41, 5.74) is 1.54. The maximum atomic E-state index is 10.8. The zero-order valence-electron chi connectivity index (χ0n) is 8.82. The van der Waals surface area contributed by atoms with Crippen molar-refractivity contribution < 1.29 is 0 Å². The highest BCUT2D eigenvalue weighted by Gasteiger charge is 2.02. The van der Waals surface area contributed by atoms with Gasteiger partial charge in [-0.1, -0.05) is 12.1 Å². The molecule has 4 N–H and O–H groups in total. The van der Waals surface area contributed by atoms with Crippen LogP contribution in [0.4, 0.5) is 5.95 Å². The van der Waals surface area contributed by atoms with Crippen molar-refractivity contribution in [2.24, 2.45) is 0 Å². The van der Waals surface area contributed by atoms with Crippen LogP contribution < -0.4 is 11.0 Å². The zero-order valence-corrected chi connectivity index (χ0v) is 8.82. The number of fused-ring (bicyclic) bond motifs is 1. The number of H-pyrrole nitrogens is 3. The van der Waals surface area contributed by atoms with E-state index < -0.39 is 0 Å². The predicted molar refractivity (Wildman–Crippen MR) is 62.6 cm³/mol. The molecule has 3 rings (SSSR count). The van der Waals surface area contributed by atoms with Gasteiger partial charge in [0.1, 0.15) is 5.82 Å². The number of hydrogen-bond acceptors (Lipinski definition) is 4. The van der Waals surface area contributed by atoms with Crippen LogP contribution in [0.3, 0.4) is 0 Å². The summed E-state index contributed by atoms with van der Waals surface area (Å²) in [5.74, 6) is 1.19. The molecule has 86 valence electrons. The number of nitrogens with zero attached hydrogens (tertiary/aromatic N) is 2. The second kappa shape index (κ2) is 3.78. The van der Waals surface area contributed by atoms with Gasteiger partial charge in [-0.3, -0.25) is 4.98 Å². The number of benzene rings is 1. The van der Waals surface area contributed by atoms with E-state index in [2.05, 4.69) is 30.5 Å². The zero-order chi connectivity index (χ0) is 11.7. The van der Waals surface area contributed by atoms with Crippen LogP contribution in [-0.2, 0) is 6.54 Å². The lowest BCUT2D eigenvalue weighted by Gasteiger charge is -1.97. The summed E-state index contributed by atoms with van der Waals surface area (Å²) in [6, 6.07) is 7.74. The van der Waals surface area contributed by atoms with E-state index >= 15 is 0 Å². The summed E-state index contributed by atoms with van der Waals surface area (Å²) in [7, 11) is 0. The number of anilines is 1. The number of aromatic amines is 3. The number of rotatable bonds is 3. The largest absolute Gasteiger partial charge is 0.349 e. The highest BCUT2D eigenvalue weighted by atomic mass is 16.1. The van der Waals surface area contributed by atoms with Gasteiger partial charge in [-0.25, -0.2) is 14.9 Å². The van der Waals surface area contributed by atoms with Gasteiger partial charge in [0.25, 0.3) is 0 Å². The van der Waals surface area contributed by atoms with E-state index in [9.17, 15) is 4.79 Å². The van der Waals surface area contributed by atoms with Crippen molar-refractivity contribution in [2.75, 3.05) is 5.32 Å². The third kappa shape index (κ3) is 1.89. The lowest BCUT2D eigenvalue weighted by molar-refractivity contribution is 0.943. The molecule has 0 radical (unpaired) electrons. The average Bonchev–Trinajstić information content (AvgIpc) is 2.91. The van der Waals surface area contributed by atoms with Gasteiger partial charge >= 0.3 is 5.69 Å². The molecule has 2 heterocycles. The summed E-state index contributed by atoms with van der Waals surface area (Å²) in [4.78, 5) is 20.8. The van der Waals surface area contributed by atoms with Gasteiger partial charge in [-0.2, -0.15) is 5.10 Å². The molecular weight excluding hydrogens is 220 g/mol. The number of aromatic nitrogens is 5. The minimum atomic E-state index is -0.314. The summed E-state index contributed by atoms with van der Waals surface area (Å²) in [6.07, 6.45) is 0. The second-order valence-corrected chi connectivity index (χ2v) is 3.58. The molecule has 17 heavy (non-hydrogen) atoms. The molecule has 0 saturated heterocycles. The lowest BCUT2D eigenvalue weighted by atomic mass is 10.3. The molecule has 0 saturated carbocycles. The molecule has 0 atom stereocenters. The SMILES string of the molecule is O=c1[nH]nc(CNc2nc3ccccc3[nH]2)[nH]1. The van der Waals surface area contributed by atoms with Gasteiger partial charge in [0.2, 0.25) is 5.95 Å². The van der Waals surface area contributed by atoms with Gasteiger partial charge in [-0.05, 0) is 12.1 Å². The minimum absolute atomic E-state index is 0.314. The highest BCUT2D eigenvalue weighted by molar-refractivity contribution is 5.77. The van der Waals surface area contributed by atoms with Crippen molar-refractivity contribution >= 4 is 17.0 Å². The summed E-state index contributed by atoms with van der Waals surface area (Å²) in [6.45, 7) is 0.401. The van der Waals surface area contributed by atoms with E-state index in [0.29, 0.717) is 18.3 Å². The molecule has 2 aromatic heterocycles. The Bertz CT molecular complexity index is 661. The van der Waals surface area contributed by atoms with Crippen LogP contribution >= 0.6 is 0 Å². The van der Waals surface area contributed by atoms with Crippen LogP contribution in [0.25, 0.3) is 11.0 Å². The van der Waals surface area contributed by atoms with Crippen LogP contribution in [0.5, 0.6) is 0 Å².